The topological polar surface area (TPSA) is 78.4 Å². The van der Waals surface area contributed by atoms with E-state index >= 15 is 0 Å². The summed E-state index contributed by atoms with van der Waals surface area (Å²) in [5.41, 5.74) is 0. The van der Waals surface area contributed by atoms with E-state index in [0.717, 1.165) is 0 Å². The van der Waals surface area contributed by atoms with Crippen LogP contribution in [0.4, 0.5) is 0 Å². The molecule has 0 saturated heterocycles. The lowest BCUT2D eigenvalue weighted by Gasteiger charge is -2.34. The summed E-state index contributed by atoms with van der Waals surface area (Å²) in [6.45, 7) is 0. The summed E-state index contributed by atoms with van der Waals surface area (Å²) in [6.07, 6.45) is 0. The maximum Gasteiger partial charge on any atom is 0.134 e. The highest BCUT2D eigenvalue weighted by atomic mass is 35.7. The summed E-state index contributed by atoms with van der Waals surface area (Å²) in [5, 5.41) is 0. The van der Waals surface area contributed by atoms with Gasteiger partial charge in [0.1, 0.15) is 3.74 Å². The highest BCUT2D eigenvalue weighted by Crippen LogP contribution is 2.69. The second-order valence-corrected chi connectivity index (χ2v) is 8.72. The van der Waals surface area contributed by atoms with Crippen molar-refractivity contribution in [1.29, 1.82) is 0 Å². The van der Waals surface area contributed by atoms with Crippen molar-refractivity contribution in [1.82, 2.24) is 0 Å². The van der Waals surface area contributed by atoms with Gasteiger partial charge in [0, 0.05) is 14.7 Å². The molecule has 0 radical (unpaired) electrons. The quantitative estimate of drug-likeness (QED) is 0.693. The van der Waals surface area contributed by atoms with Crippen LogP contribution < -0.4 is 14.0 Å². The Kier molecular flexibility index (Phi) is 4.91. The third kappa shape index (κ3) is 3.47. The molecule has 0 saturated carbocycles. The number of halogens is 1. The molecule has 3 aromatic carbocycles. The lowest BCUT2D eigenvalue weighted by atomic mass is 10.4. The molecule has 0 aliphatic rings. The fourth-order valence-electron chi connectivity index (χ4n) is 2.47. The lowest BCUT2D eigenvalue weighted by molar-refractivity contribution is -1.91. The molecule has 4 nitrogen and oxygen atoms in total. The van der Waals surface area contributed by atoms with E-state index in [1.807, 2.05) is 18.2 Å². The van der Waals surface area contributed by atoms with Gasteiger partial charge in [0.2, 0.25) is 0 Å². The zero-order valence-corrected chi connectivity index (χ0v) is 14.2. The second-order valence-electron chi connectivity index (χ2n) is 4.94. The van der Waals surface area contributed by atoms with Crippen LogP contribution in [0.25, 0.3) is 0 Å². The minimum absolute atomic E-state index is 0.634. The molecule has 0 aliphatic heterocycles. The van der Waals surface area contributed by atoms with Gasteiger partial charge in [-0.3, -0.25) is 0 Å². The number of hydrogen-bond acceptors (Lipinski definition) is 4. The molecule has 0 fully saturated rings. The van der Waals surface area contributed by atoms with Crippen molar-refractivity contribution in [2.45, 2.75) is 14.7 Å². The Bertz CT molecular complexity index is 680. The molecule has 0 aromatic heterocycles. The summed E-state index contributed by atoms with van der Waals surface area (Å²) in [5.74, 6) is 0. The Morgan fingerprint density at radius 1 is 0.542 bits per heavy atom. The maximum absolute atomic E-state index is 11.6. The van der Waals surface area contributed by atoms with E-state index in [4.69, 9.17) is 3.74 Å². The van der Waals surface area contributed by atoms with E-state index in [2.05, 4.69) is 0 Å². The van der Waals surface area contributed by atoms with Gasteiger partial charge >= 0.3 is 0 Å². The van der Waals surface area contributed by atoms with Crippen molar-refractivity contribution in [2.75, 3.05) is 0 Å². The summed E-state index contributed by atoms with van der Waals surface area (Å²) in [6, 6.07) is 26.9. The van der Waals surface area contributed by atoms with Crippen LogP contribution in [-0.4, -0.2) is 0 Å². The first-order valence-corrected chi connectivity index (χ1v) is 9.92. The van der Waals surface area contributed by atoms with Crippen LogP contribution in [0.1, 0.15) is 0 Å². The standard InChI is InChI=1S/C18H15ClO4S/c20-19(21,22)23-24(16-10-4-1-5-11-16,17-12-6-2-7-13-17)18-14-8-3-9-15-18/h1-15H. The molecule has 0 bridgehead atoms. The molecule has 0 aliphatic carbocycles. The molecule has 24 heavy (non-hydrogen) atoms. The molecule has 0 N–H and O–H groups in total. The molecule has 0 amide bonds. The normalized spacial score (nSPS) is 12.8. The summed E-state index contributed by atoms with van der Waals surface area (Å²) in [7, 11) is -7.33. The van der Waals surface area contributed by atoms with Gasteiger partial charge in [-0.05, 0) is 36.4 Å². The Hall–Kier alpha value is -1.86. The van der Waals surface area contributed by atoms with Crippen molar-refractivity contribution < 1.29 is 28.0 Å². The van der Waals surface area contributed by atoms with Crippen molar-refractivity contribution in [2.24, 2.45) is 0 Å². The second kappa shape index (κ2) is 6.94. The average Bonchev–Trinajstić information content (AvgIpc) is 2.61. The molecule has 0 heterocycles. The van der Waals surface area contributed by atoms with E-state index in [1.165, 1.54) is 0 Å². The minimum Gasteiger partial charge on any atom is -0.182 e. The van der Waals surface area contributed by atoms with Crippen molar-refractivity contribution in [3.05, 3.63) is 91.0 Å². The molecule has 124 valence electrons. The van der Waals surface area contributed by atoms with Gasteiger partial charge in [0.05, 0.1) is 20.6 Å². The van der Waals surface area contributed by atoms with Crippen molar-refractivity contribution >= 4 is 10.3 Å². The van der Waals surface area contributed by atoms with Crippen molar-refractivity contribution in [3.63, 3.8) is 0 Å². The molecule has 3 rings (SSSR count). The van der Waals surface area contributed by atoms with E-state index in [9.17, 15) is 14.0 Å². The van der Waals surface area contributed by atoms with Crippen LogP contribution in [0.5, 0.6) is 0 Å². The highest BCUT2D eigenvalue weighted by Gasteiger charge is 2.46. The minimum atomic E-state index is -4.63. The van der Waals surface area contributed by atoms with E-state index < -0.39 is 20.6 Å². The first-order valence-electron chi connectivity index (χ1n) is 7.13. The van der Waals surface area contributed by atoms with Gasteiger partial charge in [-0.15, -0.1) is 0 Å². The van der Waals surface area contributed by atoms with Crippen molar-refractivity contribution in [3.8, 4) is 0 Å². The highest BCUT2D eigenvalue weighted by molar-refractivity contribution is 8.29. The predicted octanol–water partition coefficient (Wildman–Crippen LogP) is 1.80. The van der Waals surface area contributed by atoms with Gasteiger partial charge in [0.25, 0.3) is 0 Å². The Morgan fingerprint density at radius 2 is 0.833 bits per heavy atom. The summed E-state index contributed by atoms with van der Waals surface area (Å²) in [4.78, 5) is 1.90. The fourth-order valence-corrected chi connectivity index (χ4v) is 6.71. The number of rotatable bonds is 5. The van der Waals surface area contributed by atoms with E-state index in [-0.39, 0.29) is 0 Å². The third-order valence-electron chi connectivity index (χ3n) is 3.40. The summed E-state index contributed by atoms with van der Waals surface area (Å²) < 4.78 is 40.0. The van der Waals surface area contributed by atoms with Crippen LogP contribution in [0.3, 0.4) is 0 Å². The molecule has 6 heteroatoms. The van der Waals surface area contributed by atoms with Gasteiger partial charge in [-0.2, -0.15) is 14.0 Å². The summed E-state index contributed by atoms with van der Waals surface area (Å²) >= 11 is 0. The van der Waals surface area contributed by atoms with Crippen LogP contribution in [0.15, 0.2) is 106 Å². The monoisotopic (exact) mass is 362 g/mol. The molecule has 0 unspecified atom stereocenters. The Labute approximate surface area is 144 Å². The molecule has 0 spiro atoms. The van der Waals surface area contributed by atoms with Gasteiger partial charge in [-0.1, -0.05) is 54.6 Å². The first kappa shape index (κ1) is 17.0. The van der Waals surface area contributed by atoms with E-state index in [0.29, 0.717) is 14.7 Å². The number of benzene rings is 3. The average molecular weight is 363 g/mol. The van der Waals surface area contributed by atoms with E-state index in [1.54, 1.807) is 72.8 Å². The SMILES string of the molecule is [O-][Cl+3]([O-])([O-])OS(c1ccccc1)(c1ccccc1)c1ccccc1. The maximum atomic E-state index is 11.6. The van der Waals surface area contributed by atoms with Crippen LogP contribution in [0.2, 0.25) is 0 Å². The molecule has 0 atom stereocenters. The lowest BCUT2D eigenvalue weighted by Crippen LogP contribution is -2.61. The smallest absolute Gasteiger partial charge is 0.134 e. The van der Waals surface area contributed by atoms with Crippen LogP contribution in [0, 0.1) is 10.2 Å². The zero-order chi connectivity index (χ0) is 17.0. The van der Waals surface area contributed by atoms with Gasteiger partial charge in [0.15, 0.2) is 0 Å². The fraction of sp³-hybridized carbons (Fsp3) is 0. The molecule has 3 aromatic rings. The Balaban J connectivity index is 2.33. The van der Waals surface area contributed by atoms with Crippen LogP contribution >= 0.6 is 10.3 Å². The predicted molar refractivity (Wildman–Crippen MR) is 82.8 cm³/mol. The zero-order valence-electron chi connectivity index (χ0n) is 12.6. The van der Waals surface area contributed by atoms with Gasteiger partial charge in [-0.25, -0.2) is 0 Å². The first-order chi connectivity index (χ1) is 11.5. The Morgan fingerprint density at radius 3 is 1.08 bits per heavy atom. The molecular weight excluding hydrogens is 348 g/mol. The van der Waals surface area contributed by atoms with Gasteiger partial charge < -0.3 is 0 Å². The molecular formula is C18H15ClO4S. The third-order valence-corrected chi connectivity index (χ3v) is 7.58. The van der Waals surface area contributed by atoms with Crippen LogP contribution in [-0.2, 0) is 3.74 Å². The largest absolute Gasteiger partial charge is 0.182 e. The number of hydrogen-bond donors (Lipinski definition) is 0.